The number of hydrogen-bond acceptors (Lipinski definition) is 6. The molecule has 0 bridgehead atoms. The summed E-state index contributed by atoms with van der Waals surface area (Å²) in [6.45, 7) is 6.49. The van der Waals surface area contributed by atoms with Gasteiger partial charge in [0.05, 0.1) is 4.92 Å². The highest BCUT2D eigenvalue weighted by Crippen LogP contribution is 2.31. The molecule has 2 rings (SSSR count). The third-order valence-corrected chi connectivity index (χ3v) is 3.85. The monoisotopic (exact) mass is 293 g/mol. The van der Waals surface area contributed by atoms with Crippen molar-refractivity contribution in [3.05, 3.63) is 15.8 Å². The van der Waals surface area contributed by atoms with Crippen LogP contribution in [-0.2, 0) is 0 Å². The van der Waals surface area contributed by atoms with Crippen LogP contribution in [0.5, 0.6) is 0 Å². The molecule has 0 aliphatic heterocycles. The first-order chi connectivity index (χ1) is 10.0. The van der Waals surface area contributed by atoms with Crippen molar-refractivity contribution >= 4 is 17.5 Å². The fraction of sp³-hybridized carbons (Fsp3) is 0.714. The molecule has 1 aromatic heterocycles. The molecule has 1 saturated carbocycles. The van der Waals surface area contributed by atoms with Gasteiger partial charge in [-0.3, -0.25) is 10.1 Å². The smallest absolute Gasteiger partial charge is 0.332 e. The summed E-state index contributed by atoms with van der Waals surface area (Å²) in [5, 5.41) is 17.6. The van der Waals surface area contributed by atoms with E-state index in [2.05, 4.69) is 27.5 Å². The highest BCUT2D eigenvalue weighted by molar-refractivity contribution is 5.61. The van der Waals surface area contributed by atoms with Gasteiger partial charge in [0.25, 0.3) is 0 Å². The Balaban J connectivity index is 2.28. The Kier molecular flexibility index (Phi) is 4.93. The van der Waals surface area contributed by atoms with E-state index in [0.717, 1.165) is 19.3 Å². The molecule has 1 heterocycles. The van der Waals surface area contributed by atoms with Crippen LogP contribution in [0.3, 0.4) is 0 Å². The first-order valence-corrected chi connectivity index (χ1v) is 7.54. The van der Waals surface area contributed by atoms with Gasteiger partial charge in [-0.15, -0.1) is 0 Å². The van der Waals surface area contributed by atoms with Gasteiger partial charge in [0.1, 0.15) is 5.69 Å². The normalized spacial score (nSPS) is 21.9. The summed E-state index contributed by atoms with van der Waals surface area (Å²) in [4.78, 5) is 19.3. The molecule has 0 spiro atoms. The number of anilines is 2. The van der Waals surface area contributed by atoms with Crippen molar-refractivity contribution in [3.63, 3.8) is 0 Å². The molecule has 1 fully saturated rings. The molecular formula is C14H23N5O2. The molecule has 21 heavy (non-hydrogen) atoms. The summed E-state index contributed by atoms with van der Waals surface area (Å²) in [6.07, 6.45) is 4.43. The van der Waals surface area contributed by atoms with Crippen molar-refractivity contribution in [1.82, 2.24) is 9.97 Å². The van der Waals surface area contributed by atoms with E-state index < -0.39 is 4.92 Å². The molecule has 1 aliphatic carbocycles. The first kappa shape index (κ1) is 15.5. The largest absolute Gasteiger partial charge is 0.361 e. The molecule has 2 N–H and O–H groups in total. The minimum absolute atomic E-state index is 0.0186. The fourth-order valence-corrected chi connectivity index (χ4v) is 2.88. The van der Waals surface area contributed by atoms with Gasteiger partial charge in [-0.05, 0) is 32.6 Å². The maximum Gasteiger partial charge on any atom is 0.332 e. The predicted molar refractivity (Wildman–Crippen MR) is 82.6 cm³/mol. The van der Waals surface area contributed by atoms with E-state index in [1.165, 1.54) is 6.42 Å². The lowest BCUT2D eigenvalue weighted by atomic mass is 9.87. The molecule has 0 aromatic carbocycles. The summed E-state index contributed by atoms with van der Waals surface area (Å²) >= 11 is 0. The van der Waals surface area contributed by atoms with Crippen LogP contribution < -0.4 is 10.6 Å². The van der Waals surface area contributed by atoms with Crippen molar-refractivity contribution in [2.75, 3.05) is 17.2 Å². The van der Waals surface area contributed by atoms with Crippen molar-refractivity contribution in [1.29, 1.82) is 0 Å². The lowest BCUT2D eigenvalue weighted by Crippen LogP contribution is -2.27. The predicted octanol–water partition coefficient (Wildman–Crippen LogP) is 3.12. The molecule has 0 amide bonds. The van der Waals surface area contributed by atoms with Gasteiger partial charge < -0.3 is 10.6 Å². The van der Waals surface area contributed by atoms with Crippen LogP contribution in [0.4, 0.5) is 17.5 Å². The average molecular weight is 293 g/mol. The van der Waals surface area contributed by atoms with E-state index in [4.69, 9.17) is 0 Å². The van der Waals surface area contributed by atoms with Crippen molar-refractivity contribution in [2.24, 2.45) is 5.92 Å². The number of nitrogens with one attached hydrogen (secondary N) is 2. The molecule has 7 nitrogen and oxygen atoms in total. The topological polar surface area (TPSA) is 93.0 Å². The van der Waals surface area contributed by atoms with Crippen LogP contribution in [0.15, 0.2) is 0 Å². The van der Waals surface area contributed by atoms with Crippen molar-refractivity contribution < 1.29 is 4.92 Å². The molecule has 7 heteroatoms. The zero-order chi connectivity index (χ0) is 15.4. The zero-order valence-corrected chi connectivity index (χ0v) is 12.8. The first-order valence-electron chi connectivity index (χ1n) is 7.54. The Morgan fingerprint density at radius 1 is 1.38 bits per heavy atom. The highest BCUT2D eigenvalue weighted by Gasteiger charge is 2.26. The molecule has 2 unspecified atom stereocenters. The number of nitro groups is 1. The molecule has 0 radical (unpaired) electrons. The molecule has 2 atom stereocenters. The highest BCUT2D eigenvalue weighted by atomic mass is 16.6. The quantitative estimate of drug-likeness (QED) is 0.640. The van der Waals surface area contributed by atoms with Crippen LogP contribution in [0, 0.1) is 23.0 Å². The summed E-state index contributed by atoms with van der Waals surface area (Å²) in [7, 11) is 0. The third kappa shape index (κ3) is 3.80. The van der Waals surface area contributed by atoms with Gasteiger partial charge in [-0.1, -0.05) is 19.8 Å². The summed E-state index contributed by atoms with van der Waals surface area (Å²) in [5.74, 6) is 1.42. The Bertz CT molecular complexity index is 520. The minimum Gasteiger partial charge on any atom is -0.361 e. The van der Waals surface area contributed by atoms with E-state index >= 15 is 0 Å². The van der Waals surface area contributed by atoms with Crippen molar-refractivity contribution in [3.8, 4) is 0 Å². The fourth-order valence-electron chi connectivity index (χ4n) is 2.88. The molecule has 0 saturated heterocycles. The van der Waals surface area contributed by atoms with E-state index in [9.17, 15) is 10.1 Å². The number of aromatic nitrogens is 2. The SMILES string of the molecule is CCNc1nc(C)c([N+](=O)[O-])c(NC2CCCC(C)C2)n1. The number of aryl methyl sites for hydroxylation is 1. The second kappa shape index (κ2) is 6.69. The van der Waals surface area contributed by atoms with Gasteiger partial charge in [-0.2, -0.15) is 4.98 Å². The molecule has 1 aliphatic rings. The minimum atomic E-state index is -0.403. The summed E-state index contributed by atoms with van der Waals surface area (Å²) in [5.41, 5.74) is 0.368. The standard InChI is InChI=1S/C14H23N5O2/c1-4-15-14-16-10(3)12(19(20)21)13(18-14)17-11-7-5-6-9(2)8-11/h9,11H,4-8H2,1-3H3,(H2,15,16,17,18). The maximum atomic E-state index is 11.3. The maximum absolute atomic E-state index is 11.3. The van der Waals surface area contributed by atoms with Crippen LogP contribution in [-0.4, -0.2) is 27.5 Å². The van der Waals surface area contributed by atoms with Gasteiger partial charge in [0, 0.05) is 12.6 Å². The van der Waals surface area contributed by atoms with Crippen LogP contribution in [0.25, 0.3) is 0 Å². The third-order valence-electron chi connectivity index (χ3n) is 3.85. The van der Waals surface area contributed by atoms with E-state index in [1.807, 2.05) is 6.92 Å². The molecule has 116 valence electrons. The van der Waals surface area contributed by atoms with Gasteiger partial charge >= 0.3 is 5.69 Å². The van der Waals surface area contributed by atoms with Crippen LogP contribution >= 0.6 is 0 Å². The van der Waals surface area contributed by atoms with Crippen molar-refractivity contribution in [2.45, 2.75) is 52.5 Å². The van der Waals surface area contributed by atoms with Gasteiger partial charge in [0.15, 0.2) is 0 Å². The van der Waals surface area contributed by atoms with E-state index in [0.29, 0.717) is 29.9 Å². The Morgan fingerprint density at radius 2 is 2.14 bits per heavy atom. The lowest BCUT2D eigenvalue weighted by Gasteiger charge is -2.27. The van der Waals surface area contributed by atoms with Gasteiger partial charge in [0.2, 0.25) is 11.8 Å². The van der Waals surface area contributed by atoms with Gasteiger partial charge in [-0.25, -0.2) is 4.98 Å². The summed E-state index contributed by atoms with van der Waals surface area (Å²) in [6, 6.07) is 0.247. The number of nitrogens with zero attached hydrogens (tertiary/aromatic N) is 3. The van der Waals surface area contributed by atoms with Crippen LogP contribution in [0.2, 0.25) is 0 Å². The Morgan fingerprint density at radius 3 is 2.76 bits per heavy atom. The van der Waals surface area contributed by atoms with E-state index in [-0.39, 0.29) is 11.7 Å². The number of hydrogen-bond donors (Lipinski definition) is 2. The number of rotatable bonds is 5. The Hall–Kier alpha value is -1.92. The second-order valence-corrected chi connectivity index (χ2v) is 5.73. The van der Waals surface area contributed by atoms with Crippen LogP contribution in [0.1, 0.15) is 45.2 Å². The Labute approximate surface area is 124 Å². The molecular weight excluding hydrogens is 270 g/mol. The second-order valence-electron chi connectivity index (χ2n) is 5.73. The molecule has 1 aromatic rings. The zero-order valence-electron chi connectivity index (χ0n) is 12.8. The van der Waals surface area contributed by atoms with E-state index in [1.54, 1.807) is 6.92 Å². The lowest BCUT2D eigenvalue weighted by molar-refractivity contribution is -0.385. The summed E-state index contributed by atoms with van der Waals surface area (Å²) < 4.78 is 0. The average Bonchev–Trinajstić information content (AvgIpc) is 2.38.